The number of ether oxygens (including phenoxy) is 2. The van der Waals surface area contributed by atoms with Gasteiger partial charge in [0.2, 0.25) is 0 Å². The normalized spacial score (nSPS) is 17.2. The number of nitrogens with zero attached hydrogens (tertiary/aromatic N) is 1. The maximum Gasteiger partial charge on any atom is 0.305 e. The van der Waals surface area contributed by atoms with Crippen molar-refractivity contribution in [3.8, 4) is 5.75 Å². The van der Waals surface area contributed by atoms with Crippen LogP contribution in [0.3, 0.4) is 0 Å². The molecule has 2 rings (SSSR count). The molecular formula is C25H41NO3. The van der Waals surface area contributed by atoms with Crippen molar-refractivity contribution >= 4 is 5.97 Å². The summed E-state index contributed by atoms with van der Waals surface area (Å²) in [5, 5.41) is 0. The highest BCUT2D eigenvalue weighted by molar-refractivity contribution is 5.69. The van der Waals surface area contributed by atoms with E-state index in [0.717, 1.165) is 44.8 Å². The highest BCUT2D eigenvalue weighted by Crippen LogP contribution is 2.28. The van der Waals surface area contributed by atoms with E-state index in [1.807, 2.05) is 6.92 Å². The number of piperidine rings is 1. The fraction of sp³-hybridized carbons (Fsp3) is 0.720. The summed E-state index contributed by atoms with van der Waals surface area (Å²) in [6, 6.07) is 8.74. The number of rotatable bonds is 14. The van der Waals surface area contributed by atoms with Gasteiger partial charge in [-0.1, -0.05) is 51.2 Å². The van der Waals surface area contributed by atoms with Gasteiger partial charge in [0.25, 0.3) is 0 Å². The van der Waals surface area contributed by atoms with Crippen molar-refractivity contribution in [1.29, 1.82) is 0 Å². The molecule has 1 aromatic carbocycles. The van der Waals surface area contributed by atoms with Gasteiger partial charge in [0.1, 0.15) is 5.75 Å². The topological polar surface area (TPSA) is 38.8 Å². The summed E-state index contributed by atoms with van der Waals surface area (Å²) in [5.41, 5.74) is 1.41. The van der Waals surface area contributed by atoms with Gasteiger partial charge in [0.05, 0.1) is 13.2 Å². The van der Waals surface area contributed by atoms with Crippen LogP contribution < -0.4 is 4.74 Å². The minimum atomic E-state index is -0.0717. The SMILES string of the molecule is CCCCCCCCOc1ccc(C2CCCN(CCCC(=O)OCC)C2)cc1. The van der Waals surface area contributed by atoms with E-state index in [1.165, 1.54) is 50.5 Å². The van der Waals surface area contributed by atoms with Crippen LogP contribution in [0.25, 0.3) is 0 Å². The largest absolute Gasteiger partial charge is 0.494 e. The van der Waals surface area contributed by atoms with Crippen LogP contribution in [0.4, 0.5) is 0 Å². The Balaban J connectivity index is 1.67. The number of hydrogen-bond acceptors (Lipinski definition) is 4. The van der Waals surface area contributed by atoms with E-state index >= 15 is 0 Å². The first-order valence-corrected chi connectivity index (χ1v) is 11.8. The van der Waals surface area contributed by atoms with Gasteiger partial charge >= 0.3 is 5.97 Å². The quantitative estimate of drug-likeness (QED) is 0.284. The molecule has 1 fully saturated rings. The Labute approximate surface area is 178 Å². The summed E-state index contributed by atoms with van der Waals surface area (Å²) in [5.74, 6) is 1.50. The molecule has 0 radical (unpaired) electrons. The number of esters is 1. The minimum Gasteiger partial charge on any atom is -0.494 e. The number of likely N-dealkylation sites (tertiary alicyclic amines) is 1. The molecule has 1 aromatic rings. The Morgan fingerprint density at radius 1 is 1.03 bits per heavy atom. The van der Waals surface area contributed by atoms with Crippen molar-refractivity contribution in [2.24, 2.45) is 0 Å². The molecule has 164 valence electrons. The molecule has 0 bridgehead atoms. The van der Waals surface area contributed by atoms with Gasteiger partial charge in [0.15, 0.2) is 0 Å². The Hall–Kier alpha value is -1.55. The maximum absolute atomic E-state index is 11.5. The van der Waals surface area contributed by atoms with Gasteiger partial charge in [-0.15, -0.1) is 0 Å². The van der Waals surface area contributed by atoms with Crippen LogP contribution in [0.15, 0.2) is 24.3 Å². The maximum atomic E-state index is 11.5. The molecule has 29 heavy (non-hydrogen) atoms. The van der Waals surface area contributed by atoms with E-state index < -0.39 is 0 Å². The van der Waals surface area contributed by atoms with Gasteiger partial charge in [0, 0.05) is 13.0 Å². The Morgan fingerprint density at radius 2 is 1.79 bits per heavy atom. The average Bonchev–Trinajstić information content (AvgIpc) is 2.74. The highest BCUT2D eigenvalue weighted by atomic mass is 16.5. The average molecular weight is 404 g/mol. The Morgan fingerprint density at radius 3 is 2.55 bits per heavy atom. The second kappa shape index (κ2) is 14.4. The van der Waals surface area contributed by atoms with E-state index in [1.54, 1.807) is 0 Å². The third kappa shape index (κ3) is 9.66. The molecule has 0 N–H and O–H groups in total. The molecule has 0 amide bonds. The van der Waals surface area contributed by atoms with Crippen molar-refractivity contribution in [3.05, 3.63) is 29.8 Å². The first-order chi connectivity index (χ1) is 14.2. The first kappa shape index (κ1) is 23.7. The molecule has 1 aliphatic rings. The minimum absolute atomic E-state index is 0.0717. The van der Waals surface area contributed by atoms with Gasteiger partial charge in [-0.05, 0) is 69.3 Å². The van der Waals surface area contributed by atoms with Gasteiger partial charge in [-0.3, -0.25) is 4.79 Å². The van der Waals surface area contributed by atoms with Crippen LogP contribution >= 0.6 is 0 Å². The lowest BCUT2D eigenvalue weighted by atomic mass is 9.90. The van der Waals surface area contributed by atoms with E-state index in [2.05, 4.69) is 36.1 Å². The van der Waals surface area contributed by atoms with Crippen molar-refractivity contribution < 1.29 is 14.3 Å². The van der Waals surface area contributed by atoms with E-state index in [4.69, 9.17) is 9.47 Å². The summed E-state index contributed by atoms with van der Waals surface area (Å²) < 4.78 is 10.9. The lowest BCUT2D eigenvalue weighted by Gasteiger charge is -2.33. The predicted octanol–water partition coefficient (Wildman–Crippen LogP) is 5.95. The van der Waals surface area contributed by atoms with Crippen LogP contribution in [0, 0.1) is 0 Å². The van der Waals surface area contributed by atoms with Crippen molar-refractivity contribution in [2.75, 3.05) is 32.8 Å². The Bertz CT molecular complexity index is 558. The molecular weight excluding hydrogens is 362 g/mol. The zero-order chi connectivity index (χ0) is 20.7. The highest BCUT2D eigenvalue weighted by Gasteiger charge is 2.21. The summed E-state index contributed by atoms with van der Waals surface area (Å²) in [7, 11) is 0. The zero-order valence-electron chi connectivity index (χ0n) is 18.7. The monoisotopic (exact) mass is 403 g/mol. The lowest BCUT2D eigenvalue weighted by Crippen LogP contribution is -2.35. The van der Waals surface area contributed by atoms with Gasteiger partial charge < -0.3 is 14.4 Å². The standard InChI is InChI=1S/C25H41NO3/c1-3-5-6-7-8-9-20-29-24-16-14-22(15-17-24)23-12-10-18-26(21-23)19-11-13-25(27)28-4-2/h14-17,23H,3-13,18-21H2,1-2H3. The summed E-state index contributed by atoms with van der Waals surface area (Å²) in [4.78, 5) is 14.0. The van der Waals surface area contributed by atoms with Crippen LogP contribution in [0.2, 0.25) is 0 Å². The van der Waals surface area contributed by atoms with Gasteiger partial charge in [-0.25, -0.2) is 0 Å². The van der Waals surface area contributed by atoms with Crippen LogP contribution in [-0.4, -0.2) is 43.7 Å². The third-order valence-electron chi connectivity index (χ3n) is 5.78. The number of hydrogen-bond donors (Lipinski definition) is 0. The van der Waals surface area contributed by atoms with Crippen LogP contribution in [0.1, 0.15) is 89.5 Å². The number of benzene rings is 1. The second-order valence-corrected chi connectivity index (χ2v) is 8.23. The summed E-state index contributed by atoms with van der Waals surface area (Å²) >= 11 is 0. The van der Waals surface area contributed by atoms with E-state index in [0.29, 0.717) is 18.9 Å². The van der Waals surface area contributed by atoms with Crippen LogP contribution in [-0.2, 0) is 9.53 Å². The second-order valence-electron chi connectivity index (χ2n) is 8.23. The molecule has 1 unspecified atom stereocenters. The van der Waals surface area contributed by atoms with Crippen molar-refractivity contribution in [2.45, 2.75) is 84.0 Å². The number of carbonyl (C=O) groups is 1. The molecule has 1 aliphatic heterocycles. The molecule has 0 aliphatic carbocycles. The fourth-order valence-corrected chi connectivity index (χ4v) is 4.12. The number of carbonyl (C=O) groups excluding carboxylic acids is 1. The summed E-state index contributed by atoms with van der Waals surface area (Å²) in [6.45, 7) is 8.61. The lowest BCUT2D eigenvalue weighted by molar-refractivity contribution is -0.143. The molecule has 1 saturated heterocycles. The molecule has 0 spiro atoms. The molecule has 4 nitrogen and oxygen atoms in total. The molecule has 4 heteroatoms. The van der Waals surface area contributed by atoms with E-state index in [-0.39, 0.29) is 5.97 Å². The molecule has 0 aromatic heterocycles. The van der Waals surface area contributed by atoms with Crippen molar-refractivity contribution in [3.63, 3.8) is 0 Å². The number of unbranched alkanes of at least 4 members (excludes halogenated alkanes) is 5. The van der Waals surface area contributed by atoms with Crippen LogP contribution in [0.5, 0.6) is 5.75 Å². The first-order valence-electron chi connectivity index (χ1n) is 11.8. The predicted molar refractivity (Wildman–Crippen MR) is 120 cm³/mol. The zero-order valence-corrected chi connectivity index (χ0v) is 18.7. The third-order valence-corrected chi connectivity index (χ3v) is 5.78. The van der Waals surface area contributed by atoms with Crippen molar-refractivity contribution in [1.82, 2.24) is 4.90 Å². The Kier molecular flexibility index (Phi) is 11.8. The fourth-order valence-electron chi connectivity index (χ4n) is 4.12. The smallest absolute Gasteiger partial charge is 0.305 e. The van der Waals surface area contributed by atoms with Gasteiger partial charge in [-0.2, -0.15) is 0 Å². The molecule has 1 heterocycles. The van der Waals surface area contributed by atoms with E-state index in [9.17, 15) is 4.79 Å². The summed E-state index contributed by atoms with van der Waals surface area (Å²) in [6.07, 6.45) is 11.6. The molecule has 1 atom stereocenters. The molecule has 0 saturated carbocycles.